The summed E-state index contributed by atoms with van der Waals surface area (Å²) in [6, 6.07) is 0. The fourth-order valence-corrected chi connectivity index (χ4v) is 3.13. The molecule has 4 nitrogen and oxygen atoms in total. The second-order valence-electron chi connectivity index (χ2n) is 5.79. The van der Waals surface area contributed by atoms with E-state index in [1.165, 1.54) is 6.42 Å². The lowest BCUT2D eigenvalue weighted by Gasteiger charge is -2.41. The number of carbonyl (C=O) groups is 1. The zero-order chi connectivity index (χ0) is 13.9. The van der Waals surface area contributed by atoms with Gasteiger partial charge in [0.1, 0.15) is 0 Å². The van der Waals surface area contributed by atoms with Gasteiger partial charge in [-0.25, -0.2) is 0 Å². The molecule has 0 aliphatic heterocycles. The molecule has 1 fully saturated rings. The first-order chi connectivity index (χ1) is 9.08. The monoisotopic (exact) mass is 263 g/mol. The first-order valence-electron chi connectivity index (χ1n) is 7.30. The minimum atomic E-state index is -0.243. The van der Waals surface area contributed by atoms with E-state index >= 15 is 0 Å². The smallest absolute Gasteiger partial charge is 0.157 e. The van der Waals surface area contributed by atoms with Gasteiger partial charge in [0.25, 0.3) is 0 Å². The van der Waals surface area contributed by atoms with Crippen LogP contribution in [-0.4, -0.2) is 40.1 Å². The van der Waals surface area contributed by atoms with Gasteiger partial charge in [0.2, 0.25) is 0 Å². The Morgan fingerprint density at radius 3 is 2.58 bits per heavy atom. The van der Waals surface area contributed by atoms with Crippen molar-refractivity contribution in [3.05, 3.63) is 18.0 Å². The van der Waals surface area contributed by atoms with E-state index < -0.39 is 0 Å². The van der Waals surface area contributed by atoms with Crippen molar-refractivity contribution in [1.29, 1.82) is 0 Å². The van der Waals surface area contributed by atoms with E-state index in [-0.39, 0.29) is 5.54 Å². The summed E-state index contributed by atoms with van der Waals surface area (Å²) in [5, 5.41) is 4.25. The molecule has 0 saturated heterocycles. The molecule has 1 saturated carbocycles. The summed E-state index contributed by atoms with van der Waals surface area (Å²) in [6.45, 7) is 2.91. The second-order valence-corrected chi connectivity index (χ2v) is 5.79. The van der Waals surface area contributed by atoms with Crippen LogP contribution in [0.4, 0.5) is 0 Å². The van der Waals surface area contributed by atoms with Gasteiger partial charge in [-0.3, -0.25) is 14.4 Å². The molecular weight excluding hydrogens is 238 g/mol. The molecular formula is C15H25N3O. The number of hydrogen-bond donors (Lipinski definition) is 0. The second kappa shape index (κ2) is 5.87. The molecule has 0 amide bonds. The third kappa shape index (κ3) is 2.89. The molecule has 0 bridgehead atoms. The lowest BCUT2D eigenvalue weighted by atomic mass is 9.76. The number of carbonyl (C=O) groups excluding carboxylic acids is 1. The summed E-state index contributed by atoms with van der Waals surface area (Å²) >= 11 is 0. The van der Waals surface area contributed by atoms with Gasteiger partial charge >= 0.3 is 0 Å². The van der Waals surface area contributed by atoms with Gasteiger partial charge in [0.05, 0.1) is 11.7 Å². The summed E-state index contributed by atoms with van der Waals surface area (Å²) in [5.74, 6) is 0.354. The van der Waals surface area contributed by atoms with Crippen LogP contribution < -0.4 is 0 Å². The quantitative estimate of drug-likeness (QED) is 0.818. The van der Waals surface area contributed by atoms with Crippen molar-refractivity contribution in [3.63, 3.8) is 0 Å². The van der Waals surface area contributed by atoms with Crippen molar-refractivity contribution < 1.29 is 4.79 Å². The lowest BCUT2D eigenvalue weighted by molar-refractivity contribution is -0.131. The zero-order valence-electron chi connectivity index (χ0n) is 12.4. The van der Waals surface area contributed by atoms with Crippen LogP contribution in [0, 0.1) is 0 Å². The van der Waals surface area contributed by atoms with Crippen molar-refractivity contribution in [2.75, 3.05) is 14.1 Å². The number of aromatic nitrogens is 2. The number of rotatable bonds is 5. The Balaban J connectivity index is 2.11. The molecule has 0 aromatic carbocycles. The highest BCUT2D eigenvalue weighted by Gasteiger charge is 2.40. The van der Waals surface area contributed by atoms with E-state index in [0.29, 0.717) is 12.2 Å². The first kappa shape index (κ1) is 14.3. The Bertz CT molecular complexity index is 430. The van der Waals surface area contributed by atoms with E-state index in [2.05, 4.69) is 16.9 Å². The van der Waals surface area contributed by atoms with Gasteiger partial charge in [-0.15, -0.1) is 0 Å². The molecule has 1 heterocycles. The summed E-state index contributed by atoms with van der Waals surface area (Å²) < 4.78 is 1.88. The van der Waals surface area contributed by atoms with Crippen LogP contribution in [0.2, 0.25) is 0 Å². The Morgan fingerprint density at radius 1 is 1.37 bits per heavy atom. The van der Waals surface area contributed by atoms with Crippen molar-refractivity contribution in [2.45, 2.75) is 57.5 Å². The minimum absolute atomic E-state index is 0.243. The van der Waals surface area contributed by atoms with E-state index in [4.69, 9.17) is 0 Å². The Kier molecular flexibility index (Phi) is 4.40. The van der Waals surface area contributed by atoms with E-state index in [9.17, 15) is 4.79 Å². The molecule has 0 N–H and O–H groups in total. The molecule has 0 unspecified atom stereocenters. The minimum Gasteiger partial charge on any atom is -0.297 e. The van der Waals surface area contributed by atoms with Crippen LogP contribution in [0.3, 0.4) is 0 Å². The number of ketones is 1. The molecule has 2 rings (SSSR count). The Morgan fingerprint density at radius 2 is 2.05 bits per heavy atom. The average molecular weight is 263 g/mol. The largest absolute Gasteiger partial charge is 0.297 e. The molecule has 1 aliphatic rings. The van der Waals surface area contributed by atoms with Gasteiger partial charge in [-0.05, 0) is 39.4 Å². The maximum absolute atomic E-state index is 12.7. The molecule has 19 heavy (non-hydrogen) atoms. The standard InChI is InChI=1S/C15H25N3O/c1-4-18-12-13(11-16-18)10-14(19)15(17(2)3)8-6-5-7-9-15/h11-12H,4-10H2,1-3H3. The molecule has 1 aromatic rings. The predicted molar refractivity (Wildman–Crippen MR) is 76.1 cm³/mol. The fraction of sp³-hybridized carbons (Fsp3) is 0.733. The van der Waals surface area contributed by atoms with Crippen molar-refractivity contribution in [1.82, 2.24) is 14.7 Å². The van der Waals surface area contributed by atoms with Crippen LogP contribution in [0.15, 0.2) is 12.4 Å². The van der Waals surface area contributed by atoms with Crippen molar-refractivity contribution >= 4 is 5.78 Å². The van der Waals surface area contributed by atoms with Gasteiger partial charge < -0.3 is 0 Å². The summed E-state index contributed by atoms with van der Waals surface area (Å²) in [4.78, 5) is 14.9. The molecule has 4 heteroatoms. The first-order valence-corrected chi connectivity index (χ1v) is 7.30. The van der Waals surface area contributed by atoms with Crippen molar-refractivity contribution in [2.24, 2.45) is 0 Å². The van der Waals surface area contributed by atoms with Gasteiger partial charge in [0.15, 0.2) is 5.78 Å². The molecule has 0 atom stereocenters. The third-order valence-corrected chi connectivity index (χ3v) is 4.43. The maximum Gasteiger partial charge on any atom is 0.157 e. The molecule has 106 valence electrons. The van der Waals surface area contributed by atoms with Gasteiger partial charge in [0, 0.05) is 19.2 Å². The Labute approximate surface area is 115 Å². The highest BCUT2D eigenvalue weighted by atomic mass is 16.1. The summed E-state index contributed by atoms with van der Waals surface area (Å²) in [5.41, 5.74) is 0.797. The van der Waals surface area contributed by atoms with Crippen LogP contribution in [0.25, 0.3) is 0 Å². The number of nitrogens with zero attached hydrogens (tertiary/aromatic N) is 3. The Hall–Kier alpha value is -1.16. The normalized spacial score (nSPS) is 18.7. The maximum atomic E-state index is 12.7. The van der Waals surface area contributed by atoms with E-state index in [0.717, 1.165) is 37.8 Å². The number of aryl methyl sites for hydroxylation is 1. The number of hydrogen-bond acceptors (Lipinski definition) is 3. The summed E-state index contributed by atoms with van der Waals surface area (Å²) in [6.07, 6.45) is 9.92. The predicted octanol–water partition coefficient (Wildman–Crippen LogP) is 2.28. The zero-order valence-corrected chi connectivity index (χ0v) is 12.4. The SMILES string of the molecule is CCn1cc(CC(=O)C2(N(C)C)CCCCC2)cn1. The third-order valence-electron chi connectivity index (χ3n) is 4.43. The van der Waals surface area contributed by atoms with Crippen LogP contribution in [0.1, 0.15) is 44.6 Å². The number of likely N-dealkylation sites (N-methyl/N-ethyl adjacent to an activating group) is 1. The molecule has 1 aliphatic carbocycles. The highest BCUT2D eigenvalue weighted by molar-refractivity contribution is 5.90. The van der Waals surface area contributed by atoms with Crippen molar-refractivity contribution in [3.8, 4) is 0 Å². The van der Waals surface area contributed by atoms with E-state index in [1.807, 2.05) is 31.2 Å². The van der Waals surface area contributed by atoms with Crippen LogP contribution in [-0.2, 0) is 17.8 Å². The lowest BCUT2D eigenvalue weighted by Crippen LogP contribution is -2.53. The van der Waals surface area contributed by atoms with Crippen LogP contribution in [0.5, 0.6) is 0 Å². The van der Waals surface area contributed by atoms with Crippen LogP contribution >= 0.6 is 0 Å². The molecule has 0 spiro atoms. The topological polar surface area (TPSA) is 38.1 Å². The van der Waals surface area contributed by atoms with E-state index in [1.54, 1.807) is 0 Å². The highest BCUT2D eigenvalue weighted by Crippen LogP contribution is 2.33. The average Bonchev–Trinajstić information content (AvgIpc) is 2.87. The van der Waals surface area contributed by atoms with Gasteiger partial charge in [-0.2, -0.15) is 5.10 Å². The summed E-state index contributed by atoms with van der Waals surface area (Å²) in [7, 11) is 4.08. The molecule has 0 radical (unpaired) electrons. The fourth-order valence-electron chi connectivity index (χ4n) is 3.13. The molecule has 1 aromatic heterocycles. The van der Waals surface area contributed by atoms with Gasteiger partial charge in [-0.1, -0.05) is 19.3 Å². The number of Topliss-reactive ketones (excluding diaryl/α,β-unsaturated/α-hetero) is 1.